The number of pyridine rings is 1. The van der Waals surface area contributed by atoms with E-state index in [0.29, 0.717) is 31.1 Å². The summed E-state index contributed by atoms with van der Waals surface area (Å²) in [5, 5.41) is 2.79. The van der Waals surface area contributed by atoms with Crippen molar-refractivity contribution in [3.8, 4) is 5.75 Å². The van der Waals surface area contributed by atoms with Gasteiger partial charge in [0.15, 0.2) is 0 Å². The minimum absolute atomic E-state index is 0.115. The summed E-state index contributed by atoms with van der Waals surface area (Å²) in [4.78, 5) is 16.1. The van der Waals surface area contributed by atoms with Crippen LogP contribution in [0, 0.1) is 6.92 Å². The summed E-state index contributed by atoms with van der Waals surface area (Å²) in [5.74, 6) is 0.594. The monoisotopic (exact) mass is 300 g/mol. The molecule has 116 valence electrons. The topological polar surface area (TPSA) is 60.5 Å². The zero-order valence-corrected chi connectivity index (χ0v) is 12.8. The maximum Gasteiger partial charge on any atom is 0.251 e. The molecule has 0 atom stereocenters. The van der Waals surface area contributed by atoms with Crippen LogP contribution in [0.4, 0.5) is 0 Å². The van der Waals surface area contributed by atoms with Crippen molar-refractivity contribution in [3.05, 3.63) is 59.4 Å². The number of rotatable bonds is 7. The number of hydrogen-bond donors (Lipinski definition) is 1. The fourth-order valence-electron chi connectivity index (χ4n) is 1.88. The average Bonchev–Trinajstić information content (AvgIpc) is 2.55. The van der Waals surface area contributed by atoms with E-state index in [2.05, 4.69) is 10.3 Å². The Morgan fingerprint density at radius 2 is 2.14 bits per heavy atom. The van der Waals surface area contributed by atoms with Gasteiger partial charge < -0.3 is 14.8 Å². The van der Waals surface area contributed by atoms with Gasteiger partial charge in [0, 0.05) is 24.9 Å². The van der Waals surface area contributed by atoms with Crippen molar-refractivity contribution < 1.29 is 14.3 Å². The van der Waals surface area contributed by atoms with E-state index >= 15 is 0 Å². The van der Waals surface area contributed by atoms with Crippen LogP contribution in [0.3, 0.4) is 0 Å². The average molecular weight is 300 g/mol. The second-order valence-corrected chi connectivity index (χ2v) is 4.87. The van der Waals surface area contributed by atoms with Gasteiger partial charge >= 0.3 is 0 Å². The molecule has 1 aromatic carbocycles. The number of nitrogens with zero attached hydrogens (tertiary/aromatic N) is 1. The fourth-order valence-corrected chi connectivity index (χ4v) is 1.88. The van der Waals surface area contributed by atoms with Crippen molar-refractivity contribution in [2.24, 2.45) is 0 Å². The lowest BCUT2D eigenvalue weighted by atomic mass is 10.1. The Morgan fingerprint density at radius 1 is 1.27 bits per heavy atom. The van der Waals surface area contributed by atoms with Gasteiger partial charge in [-0.25, -0.2) is 0 Å². The Labute approximate surface area is 130 Å². The molecule has 1 amide bonds. The largest absolute Gasteiger partial charge is 0.487 e. The van der Waals surface area contributed by atoms with E-state index in [4.69, 9.17) is 9.47 Å². The molecule has 2 aromatic rings. The molecule has 0 aliphatic heterocycles. The smallest absolute Gasteiger partial charge is 0.251 e. The number of methoxy groups -OCH3 is 1. The molecule has 0 saturated heterocycles. The minimum Gasteiger partial charge on any atom is -0.487 e. The molecule has 5 heteroatoms. The van der Waals surface area contributed by atoms with Crippen molar-refractivity contribution in [1.82, 2.24) is 10.3 Å². The van der Waals surface area contributed by atoms with Gasteiger partial charge in [-0.2, -0.15) is 0 Å². The number of aromatic nitrogens is 1. The standard InChI is InChI=1S/C17H20N2O3/c1-13-6-7-16(11-19-13)22-12-14-4-3-5-15(10-14)17(20)18-8-9-21-2/h3-7,10-11H,8-9,12H2,1-2H3,(H,18,20). The Hall–Kier alpha value is -2.40. The molecule has 5 nitrogen and oxygen atoms in total. The van der Waals surface area contributed by atoms with Crippen LogP contribution in [-0.2, 0) is 11.3 Å². The Morgan fingerprint density at radius 3 is 2.86 bits per heavy atom. The minimum atomic E-state index is -0.115. The Bertz CT molecular complexity index is 612. The lowest BCUT2D eigenvalue weighted by Gasteiger charge is -2.08. The highest BCUT2D eigenvalue weighted by Crippen LogP contribution is 2.12. The van der Waals surface area contributed by atoms with Gasteiger partial charge in [-0.1, -0.05) is 12.1 Å². The summed E-state index contributed by atoms with van der Waals surface area (Å²) in [6.07, 6.45) is 1.69. The highest BCUT2D eigenvalue weighted by atomic mass is 16.5. The molecular weight excluding hydrogens is 280 g/mol. The van der Waals surface area contributed by atoms with Crippen molar-refractivity contribution >= 4 is 5.91 Å². The first kappa shape index (κ1) is 16.0. The lowest BCUT2D eigenvalue weighted by Crippen LogP contribution is -2.26. The quantitative estimate of drug-likeness (QED) is 0.797. The second-order valence-electron chi connectivity index (χ2n) is 4.87. The van der Waals surface area contributed by atoms with Crippen LogP contribution in [0.5, 0.6) is 5.75 Å². The van der Waals surface area contributed by atoms with Crippen LogP contribution in [0.2, 0.25) is 0 Å². The predicted octanol–water partition coefficient (Wildman–Crippen LogP) is 2.35. The van der Waals surface area contributed by atoms with Crippen molar-refractivity contribution in [2.45, 2.75) is 13.5 Å². The normalized spacial score (nSPS) is 10.3. The lowest BCUT2D eigenvalue weighted by molar-refractivity contribution is 0.0937. The first-order valence-electron chi connectivity index (χ1n) is 7.10. The predicted molar refractivity (Wildman–Crippen MR) is 84.0 cm³/mol. The second kappa shape index (κ2) is 8.14. The summed E-state index contributed by atoms with van der Waals surface area (Å²) in [6.45, 7) is 3.31. The van der Waals surface area contributed by atoms with E-state index in [9.17, 15) is 4.79 Å². The summed E-state index contributed by atoms with van der Waals surface area (Å²) >= 11 is 0. The van der Waals surface area contributed by atoms with Gasteiger partial charge in [0.2, 0.25) is 0 Å². The summed E-state index contributed by atoms with van der Waals surface area (Å²) in [5.41, 5.74) is 2.49. The number of ether oxygens (including phenoxy) is 2. The van der Waals surface area contributed by atoms with Crippen molar-refractivity contribution in [1.29, 1.82) is 0 Å². The molecule has 0 spiro atoms. The molecule has 1 N–H and O–H groups in total. The van der Waals surface area contributed by atoms with Crippen LogP contribution >= 0.6 is 0 Å². The van der Waals surface area contributed by atoms with Crippen molar-refractivity contribution in [3.63, 3.8) is 0 Å². The third kappa shape index (κ3) is 4.86. The van der Waals surface area contributed by atoms with Crippen LogP contribution in [0.15, 0.2) is 42.6 Å². The molecule has 22 heavy (non-hydrogen) atoms. The van der Waals surface area contributed by atoms with E-state index in [1.54, 1.807) is 19.4 Å². The third-order valence-corrected chi connectivity index (χ3v) is 3.07. The number of aryl methyl sites for hydroxylation is 1. The summed E-state index contributed by atoms with van der Waals surface area (Å²) < 4.78 is 10.6. The molecule has 0 fully saturated rings. The molecular formula is C17H20N2O3. The zero-order chi connectivity index (χ0) is 15.8. The molecule has 1 aromatic heterocycles. The molecule has 0 radical (unpaired) electrons. The molecule has 1 heterocycles. The first-order valence-corrected chi connectivity index (χ1v) is 7.10. The van der Waals surface area contributed by atoms with E-state index in [1.807, 2.05) is 37.3 Å². The number of carbonyl (C=O) groups is 1. The van der Waals surface area contributed by atoms with Crippen LogP contribution in [0.1, 0.15) is 21.6 Å². The van der Waals surface area contributed by atoms with Gasteiger partial charge in [0.05, 0.1) is 12.8 Å². The van der Waals surface area contributed by atoms with Crippen LogP contribution in [-0.4, -0.2) is 31.2 Å². The van der Waals surface area contributed by atoms with Gasteiger partial charge in [0.25, 0.3) is 5.91 Å². The maximum atomic E-state index is 12.0. The third-order valence-electron chi connectivity index (χ3n) is 3.07. The van der Waals surface area contributed by atoms with Crippen LogP contribution < -0.4 is 10.1 Å². The van der Waals surface area contributed by atoms with E-state index in [-0.39, 0.29) is 5.91 Å². The van der Waals surface area contributed by atoms with E-state index in [1.165, 1.54) is 0 Å². The first-order chi connectivity index (χ1) is 10.7. The maximum absolute atomic E-state index is 12.0. The van der Waals surface area contributed by atoms with Gasteiger partial charge in [-0.15, -0.1) is 0 Å². The molecule has 0 bridgehead atoms. The molecule has 0 aliphatic carbocycles. The summed E-state index contributed by atoms with van der Waals surface area (Å²) in [6, 6.07) is 11.1. The SMILES string of the molecule is COCCNC(=O)c1cccc(COc2ccc(C)nc2)c1. The van der Waals surface area contributed by atoms with E-state index in [0.717, 1.165) is 11.3 Å². The highest BCUT2D eigenvalue weighted by molar-refractivity contribution is 5.94. The molecule has 0 saturated carbocycles. The number of amides is 1. The number of nitrogens with one attached hydrogen (secondary N) is 1. The highest BCUT2D eigenvalue weighted by Gasteiger charge is 2.06. The number of benzene rings is 1. The summed E-state index contributed by atoms with van der Waals surface area (Å²) in [7, 11) is 1.60. The molecule has 2 rings (SSSR count). The van der Waals surface area contributed by atoms with Crippen molar-refractivity contribution in [2.75, 3.05) is 20.3 Å². The molecule has 0 unspecified atom stereocenters. The Kier molecular flexibility index (Phi) is 5.91. The zero-order valence-electron chi connectivity index (χ0n) is 12.8. The molecule has 0 aliphatic rings. The van der Waals surface area contributed by atoms with Gasteiger partial charge in [-0.05, 0) is 36.8 Å². The Balaban J connectivity index is 1.93. The number of hydrogen-bond acceptors (Lipinski definition) is 4. The fraction of sp³-hybridized carbons (Fsp3) is 0.294. The van der Waals surface area contributed by atoms with Crippen LogP contribution in [0.25, 0.3) is 0 Å². The van der Waals surface area contributed by atoms with Gasteiger partial charge in [-0.3, -0.25) is 9.78 Å². The van der Waals surface area contributed by atoms with Gasteiger partial charge in [0.1, 0.15) is 12.4 Å². The van der Waals surface area contributed by atoms with E-state index < -0.39 is 0 Å². The number of carbonyl (C=O) groups excluding carboxylic acids is 1.